The van der Waals surface area contributed by atoms with Gasteiger partial charge < -0.3 is 10.1 Å². The van der Waals surface area contributed by atoms with E-state index >= 15 is 0 Å². The van der Waals surface area contributed by atoms with Crippen LogP contribution in [0.15, 0.2) is 6.33 Å². The van der Waals surface area contributed by atoms with Crippen LogP contribution in [0.1, 0.15) is 38.7 Å². The van der Waals surface area contributed by atoms with Crippen LogP contribution in [0.25, 0.3) is 0 Å². The van der Waals surface area contributed by atoms with E-state index in [1.165, 1.54) is 6.33 Å². The molecule has 0 aromatic carbocycles. The SMILES string of the molecule is CCCc1c(Cl)ncnc1NCC1(C)CCOCC1. The van der Waals surface area contributed by atoms with E-state index in [9.17, 15) is 0 Å². The molecule has 0 bridgehead atoms. The molecular weight excluding hydrogens is 262 g/mol. The second-order valence-corrected chi connectivity index (χ2v) is 5.88. The second-order valence-electron chi connectivity index (χ2n) is 5.52. The molecule has 4 nitrogen and oxygen atoms in total. The number of nitrogens with zero attached hydrogens (tertiary/aromatic N) is 2. The van der Waals surface area contributed by atoms with Crippen LogP contribution in [0.4, 0.5) is 5.82 Å². The molecule has 19 heavy (non-hydrogen) atoms. The fourth-order valence-corrected chi connectivity index (χ4v) is 2.58. The summed E-state index contributed by atoms with van der Waals surface area (Å²) in [6.45, 7) is 7.03. The lowest BCUT2D eigenvalue weighted by atomic mass is 9.82. The fraction of sp³-hybridized carbons (Fsp3) is 0.714. The number of rotatable bonds is 5. The molecule has 0 spiro atoms. The Bertz CT molecular complexity index is 419. The molecular formula is C14H22ClN3O. The Morgan fingerprint density at radius 1 is 1.37 bits per heavy atom. The average molecular weight is 284 g/mol. The van der Waals surface area contributed by atoms with Crippen LogP contribution in [0.2, 0.25) is 5.15 Å². The van der Waals surface area contributed by atoms with Gasteiger partial charge in [-0.05, 0) is 24.7 Å². The molecule has 1 fully saturated rings. The maximum absolute atomic E-state index is 6.15. The predicted octanol–water partition coefficient (Wildman–Crippen LogP) is 3.31. The number of nitrogens with one attached hydrogen (secondary N) is 1. The van der Waals surface area contributed by atoms with Crippen molar-refractivity contribution < 1.29 is 4.74 Å². The minimum absolute atomic E-state index is 0.277. The summed E-state index contributed by atoms with van der Waals surface area (Å²) in [5.74, 6) is 0.884. The largest absolute Gasteiger partial charge is 0.381 e. The summed E-state index contributed by atoms with van der Waals surface area (Å²) in [5.41, 5.74) is 1.31. The molecule has 1 N–H and O–H groups in total. The molecule has 2 rings (SSSR count). The van der Waals surface area contributed by atoms with E-state index in [0.29, 0.717) is 5.15 Å². The summed E-state index contributed by atoms with van der Waals surface area (Å²) in [4.78, 5) is 8.40. The zero-order chi connectivity index (χ0) is 13.7. The van der Waals surface area contributed by atoms with Crippen LogP contribution in [-0.4, -0.2) is 29.7 Å². The number of hydrogen-bond donors (Lipinski definition) is 1. The molecule has 0 saturated carbocycles. The fourth-order valence-electron chi connectivity index (χ4n) is 2.35. The van der Waals surface area contributed by atoms with E-state index in [0.717, 1.165) is 56.8 Å². The van der Waals surface area contributed by atoms with Gasteiger partial charge in [-0.3, -0.25) is 0 Å². The molecule has 1 aromatic rings. The first-order chi connectivity index (χ1) is 9.14. The number of ether oxygens (including phenoxy) is 1. The third-order valence-electron chi connectivity index (χ3n) is 3.78. The highest BCUT2D eigenvalue weighted by molar-refractivity contribution is 6.30. The quantitative estimate of drug-likeness (QED) is 0.842. The highest BCUT2D eigenvalue weighted by Gasteiger charge is 2.27. The molecule has 0 aliphatic carbocycles. The first-order valence-corrected chi connectivity index (χ1v) is 7.33. The van der Waals surface area contributed by atoms with Crippen molar-refractivity contribution in [1.82, 2.24) is 9.97 Å². The predicted molar refractivity (Wildman–Crippen MR) is 77.7 cm³/mol. The summed E-state index contributed by atoms with van der Waals surface area (Å²) in [5, 5.41) is 4.02. The minimum Gasteiger partial charge on any atom is -0.381 e. The summed E-state index contributed by atoms with van der Waals surface area (Å²) in [6.07, 6.45) is 5.63. The Kier molecular flexibility index (Phi) is 4.99. The topological polar surface area (TPSA) is 47.0 Å². The highest BCUT2D eigenvalue weighted by Crippen LogP contribution is 2.30. The first-order valence-electron chi connectivity index (χ1n) is 6.95. The third kappa shape index (κ3) is 3.80. The zero-order valence-electron chi connectivity index (χ0n) is 11.7. The van der Waals surface area contributed by atoms with Gasteiger partial charge in [-0.2, -0.15) is 0 Å². The van der Waals surface area contributed by atoms with Gasteiger partial charge in [-0.15, -0.1) is 0 Å². The first kappa shape index (κ1) is 14.5. The maximum atomic E-state index is 6.15. The molecule has 0 atom stereocenters. The van der Waals surface area contributed by atoms with Gasteiger partial charge >= 0.3 is 0 Å². The smallest absolute Gasteiger partial charge is 0.137 e. The van der Waals surface area contributed by atoms with Gasteiger partial charge in [0.25, 0.3) is 0 Å². The molecule has 1 aliphatic rings. The zero-order valence-corrected chi connectivity index (χ0v) is 12.5. The standard InChI is InChI=1S/C14H22ClN3O/c1-3-4-11-12(15)17-10-18-13(11)16-9-14(2)5-7-19-8-6-14/h10H,3-9H2,1-2H3,(H,16,17,18). The van der Waals surface area contributed by atoms with E-state index in [-0.39, 0.29) is 5.41 Å². The van der Waals surface area contributed by atoms with Crippen LogP contribution in [-0.2, 0) is 11.2 Å². The van der Waals surface area contributed by atoms with Crippen molar-refractivity contribution in [2.24, 2.45) is 5.41 Å². The Hall–Kier alpha value is -0.870. The summed E-state index contributed by atoms with van der Waals surface area (Å²) < 4.78 is 5.42. The minimum atomic E-state index is 0.277. The molecule has 1 aromatic heterocycles. The number of anilines is 1. The van der Waals surface area contributed by atoms with Gasteiger partial charge in [-0.25, -0.2) is 9.97 Å². The molecule has 1 saturated heterocycles. The van der Waals surface area contributed by atoms with Crippen molar-refractivity contribution in [3.63, 3.8) is 0 Å². The van der Waals surface area contributed by atoms with Crippen molar-refractivity contribution >= 4 is 17.4 Å². The normalized spacial score (nSPS) is 18.3. The van der Waals surface area contributed by atoms with Gasteiger partial charge in [0.2, 0.25) is 0 Å². The van der Waals surface area contributed by atoms with Crippen LogP contribution in [0, 0.1) is 5.41 Å². The Labute approximate surface area is 119 Å². The molecule has 5 heteroatoms. The average Bonchev–Trinajstić information content (AvgIpc) is 2.41. The third-order valence-corrected chi connectivity index (χ3v) is 4.10. The lowest BCUT2D eigenvalue weighted by Gasteiger charge is -2.34. The van der Waals surface area contributed by atoms with E-state index in [1.807, 2.05) is 0 Å². The molecule has 0 unspecified atom stereocenters. The van der Waals surface area contributed by atoms with E-state index in [2.05, 4.69) is 29.1 Å². The lowest BCUT2D eigenvalue weighted by molar-refractivity contribution is 0.0299. The second kappa shape index (κ2) is 6.53. The van der Waals surface area contributed by atoms with E-state index < -0.39 is 0 Å². The number of halogens is 1. The van der Waals surface area contributed by atoms with Crippen LogP contribution >= 0.6 is 11.6 Å². The van der Waals surface area contributed by atoms with Crippen molar-refractivity contribution in [3.05, 3.63) is 17.0 Å². The van der Waals surface area contributed by atoms with Gasteiger partial charge in [0.05, 0.1) is 0 Å². The van der Waals surface area contributed by atoms with Crippen molar-refractivity contribution in [3.8, 4) is 0 Å². The monoisotopic (exact) mass is 283 g/mol. The van der Waals surface area contributed by atoms with Crippen LogP contribution in [0.5, 0.6) is 0 Å². The van der Waals surface area contributed by atoms with Gasteiger partial charge in [-0.1, -0.05) is 31.9 Å². The molecule has 1 aliphatic heterocycles. The van der Waals surface area contributed by atoms with E-state index in [1.54, 1.807) is 0 Å². The highest BCUT2D eigenvalue weighted by atomic mass is 35.5. The van der Waals surface area contributed by atoms with Crippen molar-refractivity contribution in [1.29, 1.82) is 0 Å². The summed E-state index contributed by atoms with van der Waals surface area (Å²) >= 11 is 6.15. The summed E-state index contributed by atoms with van der Waals surface area (Å²) in [6, 6.07) is 0. The van der Waals surface area contributed by atoms with Gasteiger partial charge in [0.1, 0.15) is 17.3 Å². The van der Waals surface area contributed by atoms with Crippen LogP contribution < -0.4 is 5.32 Å². The Morgan fingerprint density at radius 3 is 2.79 bits per heavy atom. The maximum Gasteiger partial charge on any atom is 0.137 e. The van der Waals surface area contributed by atoms with Crippen molar-refractivity contribution in [2.75, 3.05) is 25.1 Å². The van der Waals surface area contributed by atoms with Crippen LogP contribution in [0.3, 0.4) is 0 Å². The Balaban J connectivity index is 2.04. The van der Waals surface area contributed by atoms with Gasteiger partial charge in [0, 0.05) is 25.3 Å². The molecule has 2 heterocycles. The number of hydrogen-bond acceptors (Lipinski definition) is 4. The Morgan fingerprint density at radius 2 is 2.11 bits per heavy atom. The van der Waals surface area contributed by atoms with E-state index in [4.69, 9.17) is 16.3 Å². The molecule has 0 amide bonds. The lowest BCUT2D eigenvalue weighted by Crippen LogP contribution is -2.33. The van der Waals surface area contributed by atoms with Gasteiger partial charge in [0.15, 0.2) is 0 Å². The molecule has 0 radical (unpaired) electrons. The molecule has 106 valence electrons. The number of aromatic nitrogens is 2. The van der Waals surface area contributed by atoms with Crippen molar-refractivity contribution in [2.45, 2.75) is 39.5 Å². The summed E-state index contributed by atoms with van der Waals surface area (Å²) in [7, 11) is 0.